The molecule has 0 fully saturated rings. The highest BCUT2D eigenvalue weighted by Gasteiger charge is 2.45. The van der Waals surface area contributed by atoms with E-state index in [9.17, 15) is 9.90 Å². The number of carboxylic acid groups (broad SMARTS) is 1. The Kier molecular flexibility index (Phi) is 3.74. The van der Waals surface area contributed by atoms with Crippen LogP contribution in [0.4, 0.5) is 0 Å². The summed E-state index contributed by atoms with van der Waals surface area (Å²) >= 11 is 3.62. The van der Waals surface area contributed by atoms with E-state index in [0.717, 1.165) is 12.1 Å². The van der Waals surface area contributed by atoms with E-state index in [4.69, 9.17) is 4.99 Å². The molecule has 0 aromatic carbocycles. The highest BCUT2D eigenvalue weighted by Crippen LogP contribution is 2.39. The number of aliphatic carboxylic acids is 1. The van der Waals surface area contributed by atoms with Gasteiger partial charge in [0.25, 0.3) is 0 Å². The zero-order valence-electron chi connectivity index (χ0n) is 10.9. The molecular weight excluding hydrogens is 318 g/mol. The predicted molar refractivity (Wildman–Crippen MR) is 83.2 cm³/mol. The molecule has 5 atom stereocenters. The standard InChI is InChI=1S/C16H16BrNO2/c17-14-13(16(19)20)11-8-4-5-9-12(11)18-15(14)10-6-2-1-3-7-10/h1-6,8-11,13-15H,7H2,(H,19,20). The summed E-state index contributed by atoms with van der Waals surface area (Å²) in [4.78, 5) is 16.4. The van der Waals surface area contributed by atoms with Crippen LogP contribution < -0.4 is 0 Å². The van der Waals surface area contributed by atoms with Gasteiger partial charge in [0.15, 0.2) is 0 Å². The molecular formula is C16H16BrNO2. The van der Waals surface area contributed by atoms with E-state index >= 15 is 0 Å². The van der Waals surface area contributed by atoms with Crippen LogP contribution in [0.1, 0.15) is 6.42 Å². The van der Waals surface area contributed by atoms with Crippen LogP contribution in [-0.4, -0.2) is 27.7 Å². The maximum Gasteiger partial charge on any atom is 0.308 e. The second-order valence-corrected chi connectivity index (χ2v) is 6.39. The normalized spacial score (nSPS) is 38.5. The molecule has 1 aliphatic heterocycles. The van der Waals surface area contributed by atoms with Gasteiger partial charge in [-0.3, -0.25) is 9.79 Å². The van der Waals surface area contributed by atoms with Crippen LogP contribution in [0.2, 0.25) is 0 Å². The van der Waals surface area contributed by atoms with E-state index in [0.29, 0.717) is 0 Å². The maximum atomic E-state index is 11.7. The van der Waals surface area contributed by atoms with Gasteiger partial charge >= 0.3 is 5.97 Å². The van der Waals surface area contributed by atoms with E-state index in [2.05, 4.69) is 28.1 Å². The fourth-order valence-electron chi connectivity index (χ4n) is 3.11. The lowest BCUT2D eigenvalue weighted by Crippen LogP contribution is -2.47. The monoisotopic (exact) mass is 333 g/mol. The largest absolute Gasteiger partial charge is 0.481 e. The van der Waals surface area contributed by atoms with Crippen molar-refractivity contribution in [3.63, 3.8) is 0 Å². The number of alkyl halides is 1. The van der Waals surface area contributed by atoms with Gasteiger partial charge < -0.3 is 5.11 Å². The molecule has 0 radical (unpaired) electrons. The van der Waals surface area contributed by atoms with Gasteiger partial charge in [0.1, 0.15) is 0 Å². The van der Waals surface area contributed by atoms with Gasteiger partial charge in [0.05, 0.1) is 16.8 Å². The van der Waals surface area contributed by atoms with Gasteiger partial charge in [-0.15, -0.1) is 0 Å². The fourth-order valence-corrected chi connectivity index (χ4v) is 4.17. The molecule has 2 aliphatic carbocycles. The average Bonchev–Trinajstić information content (AvgIpc) is 2.47. The molecule has 0 aromatic rings. The molecule has 0 saturated heterocycles. The lowest BCUT2D eigenvalue weighted by Gasteiger charge is -2.38. The van der Waals surface area contributed by atoms with Crippen LogP contribution in [0.5, 0.6) is 0 Å². The summed E-state index contributed by atoms with van der Waals surface area (Å²) < 4.78 is 0. The predicted octanol–water partition coefficient (Wildman–Crippen LogP) is 3.15. The van der Waals surface area contributed by atoms with Crippen LogP contribution >= 0.6 is 15.9 Å². The van der Waals surface area contributed by atoms with Crippen molar-refractivity contribution in [3.05, 3.63) is 48.6 Å². The summed E-state index contributed by atoms with van der Waals surface area (Å²) in [5.74, 6) is -1.09. The SMILES string of the molecule is O=C(O)C1C2C=CC=CC2=NC(C2C=CC=CC2)C1Br. The number of carboxylic acids is 1. The molecule has 3 nitrogen and oxygen atoms in total. The third-order valence-corrected chi connectivity index (χ3v) is 5.24. The Balaban J connectivity index is 1.97. The molecule has 0 bridgehead atoms. The van der Waals surface area contributed by atoms with Crippen molar-refractivity contribution in [2.24, 2.45) is 22.7 Å². The van der Waals surface area contributed by atoms with Gasteiger partial charge in [0, 0.05) is 17.5 Å². The first-order valence-electron chi connectivity index (χ1n) is 6.81. The van der Waals surface area contributed by atoms with E-state index in [1.165, 1.54) is 0 Å². The van der Waals surface area contributed by atoms with Crippen LogP contribution in [0.3, 0.4) is 0 Å². The molecule has 0 saturated carbocycles. The first-order chi connectivity index (χ1) is 9.68. The lowest BCUT2D eigenvalue weighted by atomic mass is 9.75. The fraction of sp³-hybridized carbons (Fsp3) is 0.375. The molecule has 4 heteroatoms. The number of hydrogen-bond donors (Lipinski definition) is 1. The summed E-state index contributed by atoms with van der Waals surface area (Å²) in [5.41, 5.74) is 0.892. The van der Waals surface area contributed by atoms with E-state index < -0.39 is 11.9 Å². The minimum Gasteiger partial charge on any atom is -0.481 e. The number of hydrogen-bond acceptors (Lipinski definition) is 2. The van der Waals surface area contributed by atoms with Crippen molar-refractivity contribution < 1.29 is 9.90 Å². The van der Waals surface area contributed by atoms with Crippen LogP contribution in [0.15, 0.2) is 53.6 Å². The van der Waals surface area contributed by atoms with Crippen molar-refractivity contribution in [3.8, 4) is 0 Å². The molecule has 3 rings (SSSR count). The zero-order chi connectivity index (χ0) is 14.1. The highest BCUT2D eigenvalue weighted by atomic mass is 79.9. The molecule has 1 heterocycles. The van der Waals surface area contributed by atoms with Gasteiger partial charge in [0.2, 0.25) is 0 Å². The van der Waals surface area contributed by atoms with Gasteiger partial charge in [-0.05, 0) is 12.5 Å². The van der Waals surface area contributed by atoms with Crippen molar-refractivity contribution in [2.75, 3.05) is 0 Å². The quantitative estimate of drug-likeness (QED) is 0.789. The van der Waals surface area contributed by atoms with Crippen molar-refractivity contribution >= 4 is 27.6 Å². The first kappa shape index (κ1) is 13.6. The molecule has 0 spiro atoms. The average molecular weight is 334 g/mol. The van der Waals surface area contributed by atoms with E-state index in [1.807, 2.05) is 36.5 Å². The van der Waals surface area contributed by atoms with Gasteiger partial charge in [-0.25, -0.2) is 0 Å². The zero-order valence-corrected chi connectivity index (χ0v) is 12.5. The highest BCUT2D eigenvalue weighted by molar-refractivity contribution is 9.09. The molecule has 5 unspecified atom stereocenters. The number of rotatable bonds is 2. The molecule has 104 valence electrons. The number of fused-ring (bicyclic) bond motifs is 1. The summed E-state index contributed by atoms with van der Waals surface area (Å²) in [6.45, 7) is 0. The Labute approximate surface area is 126 Å². The minimum atomic E-state index is -0.760. The Bertz CT molecular complexity index is 559. The van der Waals surface area contributed by atoms with Crippen molar-refractivity contribution in [1.29, 1.82) is 0 Å². The third kappa shape index (κ3) is 2.33. The second-order valence-electron chi connectivity index (χ2n) is 5.34. The summed E-state index contributed by atoms with van der Waals surface area (Å²) in [5, 5.41) is 9.59. The maximum absolute atomic E-state index is 11.7. The Morgan fingerprint density at radius 3 is 2.75 bits per heavy atom. The number of allylic oxidation sites excluding steroid dienone is 7. The smallest absolute Gasteiger partial charge is 0.308 e. The van der Waals surface area contributed by atoms with Gasteiger partial charge in [-0.2, -0.15) is 0 Å². The minimum absolute atomic E-state index is 0.0281. The van der Waals surface area contributed by atoms with Crippen molar-refractivity contribution in [2.45, 2.75) is 17.3 Å². The molecule has 0 amide bonds. The molecule has 1 N–H and O–H groups in total. The summed E-state index contributed by atoms with van der Waals surface area (Å²) in [6, 6.07) is -0.0281. The van der Waals surface area contributed by atoms with E-state index in [-0.39, 0.29) is 22.7 Å². The number of nitrogens with zero attached hydrogens (tertiary/aromatic N) is 1. The Hall–Kier alpha value is -1.42. The second kappa shape index (κ2) is 5.52. The Morgan fingerprint density at radius 1 is 1.25 bits per heavy atom. The molecule has 20 heavy (non-hydrogen) atoms. The van der Waals surface area contributed by atoms with Crippen LogP contribution in [-0.2, 0) is 4.79 Å². The lowest BCUT2D eigenvalue weighted by molar-refractivity contribution is -0.142. The number of aliphatic imine (C=N–C) groups is 1. The first-order valence-corrected chi connectivity index (χ1v) is 7.73. The molecule has 3 aliphatic rings. The molecule has 0 aromatic heterocycles. The van der Waals surface area contributed by atoms with Crippen LogP contribution in [0.25, 0.3) is 0 Å². The summed E-state index contributed by atoms with van der Waals surface area (Å²) in [7, 11) is 0. The van der Waals surface area contributed by atoms with E-state index in [1.54, 1.807) is 0 Å². The Morgan fingerprint density at radius 2 is 2.05 bits per heavy atom. The van der Waals surface area contributed by atoms with Crippen LogP contribution in [0, 0.1) is 17.8 Å². The van der Waals surface area contributed by atoms with Crippen molar-refractivity contribution in [1.82, 2.24) is 0 Å². The third-order valence-electron chi connectivity index (χ3n) is 4.13. The number of halogens is 1. The number of carbonyl (C=O) groups is 1. The van der Waals surface area contributed by atoms with Gasteiger partial charge in [-0.1, -0.05) is 58.5 Å². The topological polar surface area (TPSA) is 49.7 Å². The summed E-state index contributed by atoms with van der Waals surface area (Å²) in [6.07, 6.45) is 16.9.